The van der Waals surface area contributed by atoms with Crippen LogP contribution in [-0.2, 0) is 11.3 Å². The molecule has 1 heterocycles. The van der Waals surface area contributed by atoms with E-state index >= 15 is 0 Å². The summed E-state index contributed by atoms with van der Waals surface area (Å²) in [5.74, 6) is 0.599. The lowest BCUT2D eigenvalue weighted by atomic mass is 10.1. The predicted molar refractivity (Wildman–Crippen MR) is 79.1 cm³/mol. The number of hydrogen-bond donors (Lipinski definition) is 1. The summed E-state index contributed by atoms with van der Waals surface area (Å²) in [6.45, 7) is 7.62. The molecule has 2 aromatic rings. The maximum Gasteiger partial charge on any atom is 0.0591 e. The zero-order valence-electron chi connectivity index (χ0n) is 11.7. The molecule has 0 aliphatic heterocycles. The number of fused-ring (bicyclic) bond motifs is 1. The molecule has 0 saturated carbocycles. The number of hydrogen-bond acceptors (Lipinski definition) is 3. The smallest absolute Gasteiger partial charge is 0.0591 e. The van der Waals surface area contributed by atoms with Crippen molar-refractivity contribution in [2.75, 3.05) is 19.8 Å². The van der Waals surface area contributed by atoms with Gasteiger partial charge in [-0.15, -0.1) is 0 Å². The number of pyridine rings is 1. The fourth-order valence-corrected chi connectivity index (χ4v) is 2.01. The summed E-state index contributed by atoms with van der Waals surface area (Å²) >= 11 is 0. The van der Waals surface area contributed by atoms with E-state index in [-0.39, 0.29) is 0 Å². The molecule has 0 aliphatic rings. The Kier molecular flexibility index (Phi) is 5.31. The number of ether oxygens (including phenoxy) is 1. The minimum atomic E-state index is 0.599. The Labute approximate surface area is 115 Å². The van der Waals surface area contributed by atoms with Gasteiger partial charge >= 0.3 is 0 Å². The molecule has 1 N–H and O–H groups in total. The molecule has 0 unspecified atom stereocenters. The Hall–Kier alpha value is -1.45. The minimum Gasteiger partial charge on any atom is -0.380 e. The van der Waals surface area contributed by atoms with Gasteiger partial charge in [0.25, 0.3) is 0 Å². The van der Waals surface area contributed by atoms with Gasteiger partial charge in [0.05, 0.1) is 6.61 Å². The molecule has 0 spiro atoms. The standard InChI is InChI=1S/C16H22N2O/c1-13(2)12-19-8-7-17-10-15-11-18-9-14-5-3-4-6-16(14)15/h3-6,9,11,13,17H,7-8,10,12H2,1-2H3. The van der Waals surface area contributed by atoms with Crippen LogP contribution >= 0.6 is 0 Å². The van der Waals surface area contributed by atoms with E-state index in [1.165, 1.54) is 16.3 Å². The summed E-state index contributed by atoms with van der Waals surface area (Å²) < 4.78 is 5.54. The van der Waals surface area contributed by atoms with Crippen molar-refractivity contribution in [1.82, 2.24) is 10.3 Å². The van der Waals surface area contributed by atoms with Crippen molar-refractivity contribution >= 4 is 10.8 Å². The van der Waals surface area contributed by atoms with E-state index in [1.54, 1.807) is 0 Å². The molecule has 3 nitrogen and oxygen atoms in total. The Morgan fingerprint density at radius 1 is 1.21 bits per heavy atom. The third kappa shape index (κ3) is 4.30. The minimum absolute atomic E-state index is 0.599. The van der Waals surface area contributed by atoms with E-state index in [4.69, 9.17) is 4.74 Å². The molecule has 3 heteroatoms. The van der Waals surface area contributed by atoms with Gasteiger partial charge in [0.1, 0.15) is 0 Å². The van der Waals surface area contributed by atoms with Crippen molar-refractivity contribution in [2.45, 2.75) is 20.4 Å². The zero-order chi connectivity index (χ0) is 13.5. The number of nitrogens with one attached hydrogen (secondary N) is 1. The Balaban J connectivity index is 1.82. The lowest BCUT2D eigenvalue weighted by Crippen LogP contribution is -2.20. The molecule has 0 saturated heterocycles. The Morgan fingerprint density at radius 2 is 2.05 bits per heavy atom. The third-order valence-electron chi connectivity index (χ3n) is 2.94. The van der Waals surface area contributed by atoms with Crippen molar-refractivity contribution < 1.29 is 4.74 Å². The molecule has 0 amide bonds. The van der Waals surface area contributed by atoms with Gasteiger partial charge in [-0.3, -0.25) is 4.98 Å². The summed E-state index contributed by atoms with van der Waals surface area (Å²) in [4.78, 5) is 4.28. The quantitative estimate of drug-likeness (QED) is 0.775. The first kappa shape index (κ1) is 14.0. The van der Waals surface area contributed by atoms with E-state index in [2.05, 4.69) is 42.3 Å². The second-order valence-corrected chi connectivity index (χ2v) is 5.17. The molecule has 0 radical (unpaired) electrons. The first-order chi connectivity index (χ1) is 9.27. The molecule has 102 valence electrons. The summed E-state index contributed by atoms with van der Waals surface area (Å²) in [6, 6.07) is 8.35. The number of rotatable bonds is 7. The molecular formula is C16H22N2O. The highest BCUT2D eigenvalue weighted by Crippen LogP contribution is 2.16. The first-order valence-corrected chi connectivity index (χ1v) is 6.87. The summed E-state index contributed by atoms with van der Waals surface area (Å²) in [7, 11) is 0. The van der Waals surface area contributed by atoms with Crippen LogP contribution in [0.3, 0.4) is 0 Å². The number of nitrogens with zero attached hydrogens (tertiary/aromatic N) is 1. The summed E-state index contributed by atoms with van der Waals surface area (Å²) in [5.41, 5.74) is 1.24. The van der Waals surface area contributed by atoms with Gasteiger partial charge in [0.15, 0.2) is 0 Å². The summed E-state index contributed by atoms with van der Waals surface area (Å²) in [6.07, 6.45) is 3.84. The predicted octanol–water partition coefficient (Wildman–Crippen LogP) is 3.00. The summed E-state index contributed by atoms with van der Waals surface area (Å²) in [5, 5.41) is 5.87. The molecule has 1 aromatic heterocycles. The molecule has 2 rings (SSSR count). The van der Waals surface area contributed by atoms with E-state index in [0.29, 0.717) is 5.92 Å². The van der Waals surface area contributed by atoms with E-state index in [1.807, 2.05) is 18.5 Å². The largest absolute Gasteiger partial charge is 0.380 e. The van der Waals surface area contributed by atoms with Crippen LogP contribution in [0.15, 0.2) is 36.7 Å². The van der Waals surface area contributed by atoms with Crippen LogP contribution < -0.4 is 5.32 Å². The number of benzene rings is 1. The third-order valence-corrected chi connectivity index (χ3v) is 2.94. The molecule has 0 fully saturated rings. The van der Waals surface area contributed by atoms with Crippen LogP contribution in [0.1, 0.15) is 19.4 Å². The van der Waals surface area contributed by atoms with Crippen molar-refractivity contribution in [3.63, 3.8) is 0 Å². The van der Waals surface area contributed by atoms with Crippen LogP contribution in [0.4, 0.5) is 0 Å². The topological polar surface area (TPSA) is 34.1 Å². The molecular weight excluding hydrogens is 236 g/mol. The van der Waals surface area contributed by atoms with Crippen molar-refractivity contribution in [2.24, 2.45) is 5.92 Å². The van der Waals surface area contributed by atoms with E-state index < -0.39 is 0 Å². The highest BCUT2D eigenvalue weighted by molar-refractivity contribution is 5.84. The van der Waals surface area contributed by atoms with Crippen LogP contribution in [-0.4, -0.2) is 24.7 Å². The van der Waals surface area contributed by atoms with Crippen molar-refractivity contribution in [1.29, 1.82) is 0 Å². The van der Waals surface area contributed by atoms with Crippen LogP contribution in [0.5, 0.6) is 0 Å². The average Bonchev–Trinajstić information content (AvgIpc) is 2.42. The fourth-order valence-electron chi connectivity index (χ4n) is 2.01. The normalized spacial score (nSPS) is 11.3. The van der Waals surface area contributed by atoms with Gasteiger partial charge in [-0.1, -0.05) is 38.1 Å². The van der Waals surface area contributed by atoms with E-state index in [0.717, 1.165) is 26.3 Å². The Morgan fingerprint density at radius 3 is 2.89 bits per heavy atom. The molecule has 0 aliphatic carbocycles. The monoisotopic (exact) mass is 258 g/mol. The maximum atomic E-state index is 5.54. The Bertz CT molecular complexity index is 506. The van der Waals surface area contributed by atoms with Gasteiger partial charge in [-0.05, 0) is 16.9 Å². The SMILES string of the molecule is CC(C)COCCNCc1cncc2ccccc12. The van der Waals surface area contributed by atoms with Gasteiger partial charge in [-0.25, -0.2) is 0 Å². The molecule has 1 aromatic carbocycles. The van der Waals surface area contributed by atoms with Crippen LogP contribution in [0, 0.1) is 5.92 Å². The highest BCUT2D eigenvalue weighted by atomic mass is 16.5. The lowest BCUT2D eigenvalue weighted by Gasteiger charge is -2.09. The average molecular weight is 258 g/mol. The molecule has 0 bridgehead atoms. The molecule has 19 heavy (non-hydrogen) atoms. The zero-order valence-corrected chi connectivity index (χ0v) is 11.7. The van der Waals surface area contributed by atoms with Gasteiger partial charge in [0.2, 0.25) is 0 Å². The van der Waals surface area contributed by atoms with Gasteiger partial charge in [-0.2, -0.15) is 0 Å². The van der Waals surface area contributed by atoms with Crippen molar-refractivity contribution in [3.8, 4) is 0 Å². The maximum absolute atomic E-state index is 5.54. The number of aromatic nitrogens is 1. The first-order valence-electron chi connectivity index (χ1n) is 6.87. The molecule has 0 atom stereocenters. The van der Waals surface area contributed by atoms with Gasteiger partial charge < -0.3 is 10.1 Å². The second-order valence-electron chi connectivity index (χ2n) is 5.17. The van der Waals surface area contributed by atoms with Gasteiger partial charge in [0, 0.05) is 37.5 Å². The fraction of sp³-hybridized carbons (Fsp3) is 0.438. The highest BCUT2D eigenvalue weighted by Gasteiger charge is 2.00. The lowest BCUT2D eigenvalue weighted by molar-refractivity contribution is 0.111. The van der Waals surface area contributed by atoms with Crippen molar-refractivity contribution in [3.05, 3.63) is 42.2 Å². The van der Waals surface area contributed by atoms with Crippen LogP contribution in [0.25, 0.3) is 10.8 Å². The van der Waals surface area contributed by atoms with Crippen LogP contribution in [0.2, 0.25) is 0 Å². The second kappa shape index (κ2) is 7.22. The van der Waals surface area contributed by atoms with E-state index in [9.17, 15) is 0 Å².